The Hall–Kier alpha value is -3.78. The normalized spacial score (nSPS) is 10.6. The van der Waals surface area contributed by atoms with E-state index < -0.39 is 17.5 Å². The van der Waals surface area contributed by atoms with Gasteiger partial charge < -0.3 is 5.32 Å². The number of hydrogen-bond acceptors (Lipinski definition) is 2. The number of anilines is 1. The van der Waals surface area contributed by atoms with Crippen molar-refractivity contribution in [3.05, 3.63) is 95.6 Å². The highest BCUT2D eigenvalue weighted by Crippen LogP contribution is 2.31. The molecule has 1 amide bonds. The average molecular weight is 360 g/mol. The van der Waals surface area contributed by atoms with Gasteiger partial charge in [0.1, 0.15) is 11.6 Å². The van der Waals surface area contributed by atoms with Gasteiger partial charge in [0.25, 0.3) is 0 Å². The molecule has 0 heterocycles. The van der Waals surface area contributed by atoms with Crippen LogP contribution in [0, 0.1) is 23.0 Å². The molecule has 0 radical (unpaired) electrons. The number of carbonyl (C=O) groups excluding carboxylic acids is 1. The Kier molecular flexibility index (Phi) is 5.38. The van der Waals surface area contributed by atoms with Gasteiger partial charge in [0.2, 0.25) is 5.91 Å². The average Bonchev–Trinajstić information content (AvgIpc) is 2.69. The Morgan fingerprint density at radius 3 is 2.44 bits per heavy atom. The van der Waals surface area contributed by atoms with E-state index in [1.54, 1.807) is 54.6 Å². The maximum atomic E-state index is 14.3. The van der Waals surface area contributed by atoms with Crippen LogP contribution in [0.2, 0.25) is 0 Å². The van der Waals surface area contributed by atoms with Crippen molar-refractivity contribution in [2.45, 2.75) is 0 Å². The maximum Gasteiger partial charge on any atom is 0.248 e. The number of carbonyl (C=O) groups is 1. The van der Waals surface area contributed by atoms with E-state index in [1.165, 1.54) is 18.2 Å². The largest absolute Gasteiger partial charge is 0.319 e. The van der Waals surface area contributed by atoms with Crippen LogP contribution in [0.4, 0.5) is 14.5 Å². The van der Waals surface area contributed by atoms with Crippen LogP contribution in [-0.2, 0) is 4.79 Å². The van der Waals surface area contributed by atoms with Crippen LogP contribution >= 0.6 is 0 Å². The Labute approximate surface area is 155 Å². The molecule has 3 aromatic rings. The van der Waals surface area contributed by atoms with Crippen molar-refractivity contribution in [2.24, 2.45) is 0 Å². The van der Waals surface area contributed by atoms with Crippen molar-refractivity contribution < 1.29 is 13.6 Å². The number of halogens is 2. The zero-order valence-electron chi connectivity index (χ0n) is 14.1. The smallest absolute Gasteiger partial charge is 0.248 e. The lowest BCUT2D eigenvalue weighted by atomic mass is 10.0. The predicted molar refractivity (Wildman–Crippen MR) is 101 cm³/mol. The molecule has 0 aromatic heterocycles. The lowest BCUT2D eigenvalue weighted by Crippen LogP contribution is -2.11. The highest BCUT2D eigenvalue weighted by Gasteiger charge is 2.14. The topological polar surface area (TPSA) is 52.9 Å². The number of amides is 1. The third-order valence-corrected chi connectivity index (χ3v) is 3.88. The second kappa shape index (κ2) is 8.07. The van der Waals surface area contributed by atoms with Gasteiger partial charge in [-0.1, -0.05) is 48.5 Å². The molecular formula is C22H14F2N2O. The molecule has 132 valence electrons. The lowest BCUT2D eigenvalue weighted by molar-refractivity contribution is -0.111. The second-order valence-electron chi connectivity index (χ2n) is 5.70. The van der Waals surface area contributed by atoms with Gasteiger partial charge >= 0.3 is 0 Å². The van der Waals surface area contributed by atoms with Crippen molar-refractivity contribution in [3.63, 3.8) is 0 Å². The number of nitrogens with one attached hydrogen (secondary N) is 1. The minimum atomic E-state index is -0.868. The molecule has 3 nitrogen and oxygen atoms in total. The SMILES string of the molecule is N#Cc1ccccc1/C=C/C(=O)Nc1c(F)cc(F)cc1-c1ccccc1. The van der Waals surface area contributed by atoms with E-state index in [-0.39, 0.29) is 11.3 Å². The van der Waals surface area contributed by atoms with Gasteiger partial charge in [-0.05, 0) is 29.3 Å². The van der Waals surface area contributed by atoms with Gasteiger partial charge in [0, 0.05) is 17.7 Å². The molecule has 5 heteroatoms. The Morgan fingerprint density at radius 1 is 1.00 bits per heavy atom. The molecule has 27 heavy (non-hydrogen) atoms. The summed E-state index contributed by atoms with van der Waals surface area (Å²) in [5.41, 5.74) is 1.69. The van der Waals surface area contributed by atoms with Crippen molar-refractivity contribution >= 4 is 17.7 Å². The van der Waals surface area contributed by atoms with Crippen molar-refractivity contribution in [1.29, 1.82) is 5.26 Å². The summed E-state index contributed by atoms with van der Waals surface area (Å²) in [7, 11) is 0. The number of nitrogens with zero attached hydrogens (tertiary/aromatic N) is 1. The fourth-order valence-electron chi connectivity index (χ4n) is 2.62. The van der Waals surface area contributed by atoms with Crippen LogP contribution in [0.25, 0.3) is 17.2 Å². The van der Waals surface area contributed by atoms with Crippen LogP contribution in [0.3, 0.4) is 0 Å². The highest BCUT2D eigenvalue weighted by atomic mass is 19.1. The Bertz CT molecular complexity index is 1050. The van der Waals surface area contributed by atoms with Crippen molar-refractivity contribution in [3.8, 4) is 17.2 Å². The highest BCUT2D eigenvalue weighted by molar-refractivity contribution is 6.04. The standard InChI is InChI=1S/C22H14F2N2O/c23-18-12-19(16-7-2-1-3-8-16)22(20(24)13-18)26-21(27)11-10-15-6-4-5-9-17(15)14-25/h1-13H,(H,26,27)/b11-10+. The van der Waals surface area contributed by atoms with Crippen LogP contribution < -0.4 is 5.32 Å². The summed E-state index contributed by atoms with van der Waals surface area (Å²) < 4.78 is 28.0. The summed E-state index contributed by atoms with van der Waals surface area (Å²) in [6, 6.07) is 19.4. The number of nitriles is 1. The van der Waals surface area contributed by atoms with Gasteiger partial charge in [-0.2, -0.15) is 5.26 Å². The molecule has 0 fully saturated rings. The van der Waals surface area contributed by atoms with Crippen molar-refractivity contribution in [2.75, 3.05) is 5.32 Å². The van der Waals surface area contributed by atoms with Gasteiger partial charge in [-0.15, -0.1) is 0 Å². The molecular weight excluding hydrogens is 346 g/mol. The minimum absolute atomic E-state index is 0.106. The number of benzene rings is 3. The van der Waals surface area contributed by atoms with Crippen LogP contribution in [0.5, 0.6) is 0 Å². The maximum absolute atomic E-state index is 14.3. The first kappa shape index (κ1) is 18.0. The first-order chi connectivity index (χ1) is 13.1. The molecule has 0 aliphatic carbocycles. The molecule has 3 aromatic carbocycles. The van der Waals surface area contributed by atoms with E-state index in [0.717, 1.165) is 6.07 Å². The molecule has 0 aliphatic heterocycles. The first-order valence-corrected chi connectivity index (χ1v) is 8.11. The molecule has 1 N–H and O–H groups in total. The molecule has 0 atom stereocenters. The molecule has 0 spiro atoms. The molecule has 0 saturated heterocycles. The molecule has 0 saturated carbocycles. The predicted octanol–water partition coefficient (Wildman–Crippen LogP) is 5.16. The Morgan fingerprint density at radius 2 is 1.70 bits per heavy atom. The van der Waals surface area contributed by atoms with E-state index >= 15 is 0 Å². The summed E-state index contributed by atoms with van der Waals surface area (Å²) in [5.74, 6) is -2.19. The third kappa shape index (κ3) is 4.25. The van der Waals surface area contributed by atoms with E-state index in [2.05, 4.69) is 5.32 Å². The zero-order valence-corrected chi connectivity index (χ0v) is 14.1. The first-order valence-electron chi connectivity index (χ1n) is 8.11. The zero-order chi connectivity index (χ0) is 19.2. The second-order valence-corrected chi connectivity index (χ2v) is 5.70. The fraction of sp³-hybridized carbons (Fsp3) is 0. The summed E-state index contributed by atoms with van der Waals surface area (Å²) in [6.07, 6.45) is 2.67. The number of rotatable bonds is 4. The molecule has 3 rings (SSSR count). The van der Waals surface area contributed by atoms with Crippen LogP contribution in [0.1, 0.15) is 11.1 Å². The van der Waals surface area contributed by atoms with Gasteiger partial charge in [-0.3, -0.25) is 4.79 Å². The quantitative estimate of drug-likeness (QED) is 0.654. The molecule has 0 bridgehead atoms. The summed E-state index contributed by atoms with van der Waals surface area (Å²) in [4.78, 5) is 12.3. The Balaban J connectivity index is 1.90. The summed E-state index contributed by atoms with van der Waals surface area (Å²) in [6.45, 7) is 0. The third-order valence-electron chi connectivity index (χ3n) is 3.88. The molecule has 0 unspecified atom stereocenters. The number of hydrogen-bond donors (Lipinski definition) is 1. The van der Waals surface area contributed by atoms with E-state index in [1.807, 2.05) is 6.07 Å². The van der Waals surface area contributed by atoms with Crippen molar-refractivity contribution in [1.82, 2.24) is 0 Å². The van der Waals surface area contributed by atoms with Crippen LogP contribution in [-0.4, -0.2) is 5.91 Å². The molecule has 0 aliphatic rings. The summed E-state index contributed by atoms with van der Waals surface area (Å²) >= 11 is 0. The van der Waals surface area contributed by atoms with Gasteiger partial charge in [-0.25, -0.2) is 8.78 Å². The van der Waals surface area contributed by atoms with Crippen LogP contribution in [0.15, 0.2) is 72.8 Å². The van der Waals surface area contributed by atoms with E-state index in [4.69, 9.17) is 5.26 Å². The fourth-order valence-corrected chi connectivity index (χ4v) is 2.62. The van der Waals surface area contributed by atoms with Gasteiger partial charge in [0.15, 0.2) is 0 Å². The minimum Gasteiger partial charge on any atom is -0.319 e. The monoisotopic (exact) mass is 360 g/mol. The van der Waals surface area contributed by atoms with Gasteiger partial charge in [0.05, 0.1) is 17.3 Å². The van der Waals surface area contributed by atoms with E-state index in [0.29, 0.717) is 16.7 Å². The lowest BCUT2D eigenvalue weighted by Gasteiger charge is -2.12. The van der Waals surface area contributed by atoms with E-state index in [9.17, 15) is 13.6 Å². The summed E-state index contributed by atoms with van der Waals surface area (Å²) in [5, 5.41) is 11.5.